The van der Waals surface area contributed by atoms with E-state index in [4.69, 9.17) is 0 Å². The molecule has 0 aliphatic rings. The minimum atomic E-state index is -0.258. The van der Waals surface area contributed by atoms with Crippen LogP contribution < -0.4 is 5.32 Å². The van der Waals surface area contributed by atoms with Gasteiger partial charge in [-0.15, -0.1) is 0 Å². The highest BCUT2D eigenvalue weighted by Gasteiger charge is 2.15. The van der Waals surface area contributed by atoms with Crippen molar-refractivity contribution in [1.82, 2.24) is 29.8 Å². The molecule has 0 fully saturated rings. The first kappa shape index (κ1) is 12.3. The summed E-state index contributed by atoms with van der Waals surface area (Å²) >= 11 is 0. The molecule has 0 radical (unpaired) electrons. The first-order chi connectivity index (χ1) is 9.70. The summed E-state index contributed by atoms with van der Waals surface area (Å²) in [6, 6.07) is 0. The van der Waals surface area contributed by atoms with Gasteiger partial charge in [-0.25, -0.2) is 9.50 Å². The van der Waals surface area contributed by atoms with E-state index in [2.05, 4.69) is 30.6 Å². The van der Waals surface area contributed by atoms with E-state index in [9.17, 15) is 4.79 Å². The Morgan fingerprint density at radius 1 is 1.40 bits per heavy atom. The van der Waals surface area contributed by atoms with Crippen molar-refractivity contribution in [3.05, 3.63) is 35.5 Å². The van der Waals surface area contributed by atoms with Crippen LogP contribution in [0.15, 0.2) is 18.7 Å². The standard InChI is InChI=1S/C12H13N7O/c1-3-8-4-15-18-10(8)17-11(20)9-5-13-12-14-6-16-19(12)7(9)2/h4-6H,3H2,1-2H3,(H2,15,17,18,20). The van der Waals surface area contributed by atoms with Crippen molar-refractivity contribution in [2.24, 2.45) is 0 Å². The van der Waals surface area contributed by atoms with Crippen molar-refractivity contribution < 1.29 is 4.79 Å². The molecule has 0 bridgehead atoms. The molecule has 0 saturated carbocycles. The summed E-state index contributed by atoms with van der Waals surface area (Å²) in [5.41, 5.74) is 2.08. The van der Waals surface area contributed by atoms with Gasteiger partial charge in [0, 0.05) is 11.8 Å². The van der Waals surface area contributed by atoms with Gasteiger partial charge in [-0.2, -0.15) is 15.2 Å². The lowest BCUT2D eigenvalue weighted by atomic mass is 10.2. The Hall–Kier alpha value is -2.77. The van der Waals surface area contributed by atoms with Crippen molar-refractivity contribution in [2.45, 2.75) is 20.3 Å². The van der Waals surface area contributed by atoms with Gasteiger partial charge >= 0.3 is 0 Å². The molecule has 3 aromatic heterocycles. The summed E-state index contributed by atoms with van der Waals surface area (Å²) in [4.78, 5) is 20.4. The van der Waals surface area contributed by atoms with Gasteiger partial charge in [0.1, 0.15) is 12.1 Å². The average Bonchev–Trinajstić information content (AvgIpc) is 3.07. The fourth-order valence-electron chi connectivity index (χ4n) is 1.98. The number of hydrogen-bond acceptors (Lipinski definition) is 5. The molecule has 0 spiro atoms. The molecule has 20 heavy (non-hydrogen) atoms. The zero-order valence-corrected chi connectivity index (χ0v) is 11.1. The molecule has 0 aromatic carbocycles. The molecule has 8 nitrogen and oxygen atoms in total. The fraction of sp³-hybridized carbons (Fsp3) is 0.250. The van der Waals surface area contributed by atoms with Crippen LogP contribution in [0.4, 0.5) is 5.82 Å². The van der Waals surface area contributed by atoms with Crippen molar-refractivity contribution in [3.63, 3.8) is 0 Å². The molecule has 0 atom stereocenters. The van der Waals surface area contributed by atoms with E-state index < -0.39 is 0 Å². The molecule has 0 aliphatic heterocycles. The quantitative estimate of drug-likeness (QED) is 0.739. The van der Waals surface area contributed by atoms with Crippen LogP contribution in [0, 0.1) is 6.92 Å². The minimum Gasteiger partial charge on any atom is -0.307 e. The number of amides is 1. The average molecular weight is 271 g/mol. The summed E-state index contributed by atoms with van der Waals surface area (Å²) in [5, 5.41) is 13.5. The number of H-pyrrole nitrogens is 1. The lowest BCUT2D eigenvalue weighted by Gasteiger charge is -2.07. The van der Waals surface area contributed by atoms with Crippen molar-refractivity contribution >= 4 is 17.5 Å². The van der Waals surface area contributed by atoms with E-state index >= 15 is 0 Å². The first-order valence-electron chi connectivity index (χ1n) is 6.19. The number of fused-ring (bicyclic) bond motifs is 1. The molecule has 0 unspecified atom stereocenters. The maximum absolute atomic E-state index is 12.3. The van der Waals surface area contributed by atoms with E-state index in [1.165, 1.54) is 17.0 Å². The van der Waals surface area contributed by atoms with Gasteiger partial charge in [0.15, 0.2) is 0 Å². The van der Waals surface area contributed by atoms with Crippen LogP contribution in [-0.4, -0.2) is 35.7 Å². The first-order valence-corrected chi connectivity index (χ1v) is 6.19. The smallest absolute Gasteiger partial charge is 0.260 e. The highest BCUT2D eigenvalue weighted by Crippen LogP contribution is 2.14. The van der Waals surface area contributed by atoms with Crippen LogP contribution >= 0.6 is 0 Å². The number of anilines is 1. The lowest BCUT2D eigenvalue weighted by Crippen LogP contribution is -2.17. The zero-order chi connectivity index (χ0) is 14.1. The zero-order valence-electron chi connectivity index (χ0n) is 11.1. The van der Waals surface area contributed by atoms with E-state index in [0.717, 1.165) is 12.0 Å². The number of carbonyl (C=O) groups is 1. The molecular formula is C12H13N7O. The molecule has 1 amide bonds. The van der Waals surface area contributed by atoms with E-state index in [0.29, 0.717) is 22.9 Å². The van der Waals surface area contributed by atoms with Crippen LogP contribution in [0.25, 0.3) is 5.78 Å². The Bertz CT molecular complexity index is 773. The highest BCUT2D eigenvalue weighted by atomic mass is 16.1. The predicted octanol–water partition coefficient (Wildman–Crippen LogP) is 0.971. The van der Waals surface area contributed by atoms with Crippen molar-refractivity contribution in [1.29, 1.82) is 0 Å². The number of aromatic amines is 1. The largest absolute Gasteiger partial charge is 0.307 e. The van der Waals surface area contributed by atoms with Gasteiger partial charge in [0.25, 0.3) is 11.7 Å². The van der Waals surface area contributed by atoms with Crippen LogP contribution in [0.3, 0.4) is 0 Å². The second kappa shape index (κ2) is 4.72. The third kappa shape index (κ3) is 1.91. The van der Waals surface area contributed by atoms with Gasteiger partial charge < -0.3 is 5.32 Å². The van der Waals surface area contributed by atoms with Crippen LogP contribution in [0.2, 0.25) is 0 Å². The number of hydrogen-bond donors (Lipinski definition) is 2. The van der Waals surface area contributed by atoms with E-state index in [1.54, 1.807) is 13.1 Å². The maximum Gasteiger partial charge on any atom is 0.260 e. The Balaban J connectivity index is 1.94. The second-order valence-corrected chi connectivity index (χ2v) is 4.31. The van der Waals surface area contributed by atoms with E-state index in [1.807, 2.05) is 6.92 Å². The molecule has 2 N–H and O–H groups in total. The Kier molecular flexibility index (Phi) is 2.90. The van der Waals surface area contributed by atoms with Crippen LogP contribution in [0.5, 0.6) is 0 Å². The third-order valence-electron chi connectivity index (χ3n) is 3.13. The fourth-order valence-corrected chi connectivity index (χ4v) is 1.98. The summed E-state index contributed by atoms with van der Waals surface area (Å²) < 4.78 is 1.53. The lowest BCUT2D eigenvalue weighted by molar-refractivity contribution is 0.102. The van der Waals surface area contributed by atoms with Gasteiger partial charge in [-0.3, -0.25) is 9.89 Å². The second-order valence-electron chi connectivity index (χ2n) is 4.31. The molecule has 0 saturated heterocycles. The highest BCUT2D eigenvalue weighted by molar-refractivity contribution is 6.04. The summed E-state index contributed by atoms with van der Waals surface area (Å²) in [7, 11) is 0. The Labute approximate surface area is 114 Å². The van der Waals surface area contributed by atoms with Gasteiger partial charge in [-0.1, -0.05) is 6.92 Å². The van der Waals surface area contributed by atoms with Crippen LogP contribution in [-0.2, 0) is 6.42 Å². The molecular weight excluding hydrogens is 258 g/mol. The van der Waals surface area contributed by atoms with Crippen LogP contribution in [0.1, 0.15) is 28.5 Å². The normalized spacial score (nSPS) is 10.9. The SMILES string of the molecule is CCc1cn[nH]c1NC(=O)c1cnc2ncnn2c1C. The van der Waals surface area contributed by atoms with Gasteiger partial charge in [-0.05, 0) is 13.3 Å². The number of aryl methyl sites for hydroxylation is 2. The molecule has 0 aliphatic carbocycles. The minimum absolute atomic E-state index is 0.258. The number of nitrogens with one attached hydrogen (secondary N) is 2. The predicted molar refractivity (Wildman–Crippen MR) is 71.4 cm³/mol. The molecule has 3 heterocycles. The number of carbonyl (C=O) groups excluding carboxylic acids is 1. The molecule has 3 aromatic rings. The third-order valence-corrected chi connectivity index (χ3v) is 3.13. The Morgan fingerprint density at radius 2 is 2.25 bits per heavy atom. The molecule has 3 rings (SSSR count). The van der Waals surface area contributed by atoms with Gasteiger partial charge in [0.05, 0.1) is 17.5 Å². The number of aromatic nitrogens is 6. The molecule has 102 valence electrons. The maximum atomic E-state index is 12.3. The van der Waals surface area contributed by atoms with Crippen molar-refractivity contribution in [3.8, 4) is 0 Å². The van der Waals surface area contributed by atoms with Crippen molar-refractivity contribution in [2.75, 3.05) is 5.32 Å². The van der Waals surface area contributed by atoms with Gasteiger partial charge in [0.2, 0.25) is 0 Å². The summed E-state index contributed by atoms with van der Waals surface area (Å²) in [6.45, 7) is 3.79. The Morgan fingerprint density at radius 3 is 3.05 bits per heavy atom. The number of nitrogens with zero attached hydrogens (tertiary/aromatic N) is 5. The molecule has 8 heteroatoms. The summed E-state index contributed by atoms with van der Waals surface area (Å²) in [5.74, 6) is 0.816. The monoisotopic (exact) mass is 271 g/mol. The van der Waals surface area contributed by atoms with E-state index in [-0.39, 0.29) is 5.91 Å². The number of rotatable bonds is 3. The summed E-state index contributed by atoms with van der Waals surface area (Å²) in [6.07, 6.45) is 5.38. The topological polar surface area (TPSA) is 101 Å².